The standard InChI is InChI=1S/C22H19N3O4/c1-29-19-11-10-15(13-23-19)24-18(26)9-4-12-25-21(27)16-7-2-5-14-6-3-8-17(20(14)16)22(25)28/h2-3,5-8,10-11,13H,4,9,12H2,1H3,(H,24,26). The first kappa shape index (κ1) is 18.6. The van der Waals surface area contributed by atoms with Gasteiger partial charge in [0.1, 0.15) is 0 Å². The van der Waals surface area contributed by atoms with Crippen molar-refractivity contribution in [3.8, 4) is 5.88 Å². The highest BCUT2D eigenvalue weighted by atomic mass is 16.5. The van der Waals surface area contributed by atoms with Gasteiger partial charge in [-0.2, -0.15) is 0 Å². The van der Waals surface area contributed by atoms with E-state index >= 15 is 0 Å². The predicted molar refractivity (Wildman–Crippen MR) is 108 cm³/mol. The lowest BCUT2D eigenvalue weighted by Crippen LogP contribution is -2.41. The molecule has 0 aliphatic carbocycles. The lowest BCUT2D eigenvalue weighted by molar-refractivity contribution is -0.116. The third-order valence-corrected chi connectivity index (χ3v) is 4.87. The number of anilines is 1. The summed E-state index contributed by atoms with van der Waals surface area (Å²) < 4.78 is 4.98. The van der Waals surface area contributed by atoms with Crippen molar-refractivity contribution >= 4 is 34.2 Å². The number of pyridine rings is 1. The van der Waals surface area contributed by atoms with Crippen molar-refractivity contribution in [2.45, 2.75) is 12.8 Å². The summed E-state index contributed by atoms with van der Waals surface area (Å²) in [5.74, 6) is -0.394. The number of nitrogens with zero attached hydrogens (tertiary/aromatic N) is 2. The van der Waals surface area contributed by atoms with Crippen LogP contribution in [-0.2, 0) is 4.79 Å². The van der Waals surface area contributed by atoms with E-state index in [1.165, 1.54) is 18.2 Å². The molecule has 4 rings (SSSR count). The Balaban J connectivity index is 1.40. The first-order chi connectivity index (χ1) is 14.1. The largest absolute Gasteiger partial charge is 0.481 e. The Bertz CT molecular complexity index is 1060. The van der Waals surface area contributed by atoms with Crippen molar-refractivity contribution in [3.63, 3.8) is 0 Å². The Labute approximate surface area is 167 Å². The van der Waals surface area contributed by atoms with Gasteiger partial charge < -0.3 is 10.1 Å². The van der Waals surface area contributed by atoms with Crippen LogP contribution in [0.3, 0.4) is 0 Å². The van der Waals surface area contributed by atoms with Gasteiger partial charge in [-0.1, -0.05) is 24.3 Å². The Morgan fingerprint density at radius 2 is 1.72 bits per heavy atom. The minimum absolute atomic E-state index is 0.176. The second-order valence-electron chi connectivity index (χ2n) is 6.71. The molecule has 3 amide bonds. The highest BCUT2D eigenvalue weighted by Crippen LogP contribution is 2.30. The molecule has 0 spiro atoms. The molecule has 0 atom stereocenters. The van der Waals surface area contributed by atoms with Crippen molar-refractivity contribution in [2.24, 2.45) is 0 Å². The summed E-state index contributed by atoms with van der Waals surface area (Å²) in [7, 11) is 1.52. The number of benzene rings is 2. The second kappa shape index (κ2) is 7.71. The van der Waals surface area contributed by atoms with Crippen LogP contribution in [0.5, 0.6) is 5.88 Å². The number of nitrogens with one attached hydrogen (secondary N) is 1. The van der Waals surface area contributed by atoms with Crippen LogP contribution in [0.25, 0.3) is 10.8 Å². The molecule has 146 valence electrons. The van der Waals surface area contributed by atoms with Gasteiger partial charge in [-0.3, -0.25) is 19.3 Å². The number of carbonyl (C=O) groups is 3. The average molecular weight is 389 g/mol. The zero-order chi connectivity index (χ0) is 20.4. The number of rotatable bonds is 6. The molecule has 7 nitrogen and oxygen atoms in total. The summed E-state index contributed by atoms with van der Waals surface area (Å²) in [6.07, 6.45) is 2.05. The third-order valence-electron chi connectivity index (χ3n) is 4.87. The number of carbonyl (C=O) groups excluding carboxylic acids is 3. The molecular weight excluding hydrogens is 370 g/mol. The van der Waals surface area contributed by atoms with Crippen molar-refractivity contribution in [1.82, 2.24) is 9.88 Å². The van der Waals surface area contributed by atoms with Gasteiger partial charge in [0.2, 0.25) is 11.8 Å². The molecule has 0 fully saturated rings. The van der Waals surface area contributed by atoms with Crippen molar-refractivity contribution in [2.75, 3.05) is 19.0 Å². The van der Waals surface area contributed by atoms with Gasteiger partial charge in [0.25, 0.3) is 11.8 Å². The molecule has 1 aliphatic rings. The smallest absolute Gasteiger partial charge is 0.261 e. The number of imide groups is 1. The Morgan fingerprint density at radius 1 is 1.03 bits per heavy atom. The number of hydrogen-bond donors (Lipinski definition) is 1. The van der Waals surface area contributed by atoms with Gasteiger partial charge in [0.05, 0.1) is 19.0 Å². The molecule has 2 heterocycles. The van der Waals surface area contributed by atoms with E-state index in [1.807, 2.05) is 24.3 Å². The molecule has 1 aromatic heterocycles. The van der Waals surface area contributed by atoms with Crippen LogP contribution in [0.2, 0.25) is 0 Å². The second-order valence-corrected chi connectivity index (χ2v) is 6.71. The quantitative estimate of drug-likeness (QED) is 0.654. The first-order valence-corrected chi connectivity index (χ1v) is 9.26. The molecule has 0 saturated heterocycles. The average Bonchev–Trinajstić information content (AvgIpc) is 2.74. The normalized spacial score (nSPS) is 12.9. The van der Waals surface area contributed by atoms with Crippen LogP contribution >= 0.6 is 0 Å². The van der Waals surface area contributed by atoms with Gasteiger partial charge in [0.15, 0.2) is 0 Å². The van der Waals surface area contributed by atoms with E-state index < -0.39 is 0 Å². The fourth-order valence-corrected chi connectivity index (χ4v) is 3.48. The van der Waals surface area contributed by atoms with Gasteiger partial charge in [-0.05, 0) is 30.0 Å². The monoisotopic (exact) mass is 389 g/mol. The predicted octanol–water partition coefficient (Wildman–Crippen LogP) is 3.26. The SMILES string of the molecule is COc1ccc(NC(=O)CCCN2C(=O)c3cccc4cccc(c34)C2=O)cn1. The molecule has 7 heteroatoms. The van der Waals surface area contributed by atoms with E-state index in [9.17, 15) is 14.4 Å². The Morgan fingerprint density at radius 3 is 2.31 bits per heavy atom. The molecule has 2 aromatic carbocycles. The zero-order valence-corrected chi connectivity index (χ0v) is 15.8. The van der Waals surface area contributed by atoms with Crippen molar-refractivity contribution < 1.29 is 19.1 Å². The van der Waals surface area contributed by atoms with E-state index in [0.717, 1.165) is 5.39 Å². The topological polar surface area (TPSA) is 88.6 Å². The van der Waals surface area contributed by atoms with Crippen LogP contribution in [0.15, 0.2) is 54.7 Å². The zero-order valence-electron chi connectivity index (χ0n) is 15.8. The minimum Gasteiger partial charge on any atom is -0.481 e. The maximum Gasteiger partial charge on any atom is 0.261 e. The summed E-state index contributed by atoms with van der Waals surface area (Å²) in [6.45, 7) is 0.177. The van der Waals surface area contributed by atoms with Crippen LogP contribution in [0.4, 0.5) is 5.69 Å². The number of hydrogen-bond acceptors (Lipinski definition) is 5. The highest BCUT2D eigenvalue weighted by Gasteiger charge is 2.32. The van der Waals surface area contributed by atoms with E-state index in [2.05, 4.69) is 10.3 Å². The maximum atomic E-state index is 12.8. The number of ether oxygens (including phenoxy) is 1. The molecule has 0 unspecified atom stereocenters. The van der Waals surface area contributed by atoms with Crippen LogP contribution in [-0.4, -0.2) is 41.3 Å². The highest BCUT2D eigenvalue weighted by molar-refractivity contribution is 6.25. The maximum absolute atomic E-state index is 12.8. The number of amides is 3. The molecule has 29 heavy (non-hydrogen) atoms. The van der Waals surface area contributed by atoms with Gasteiger partial charge in [-0.25, -0.2) is 4.98 Å². The number of methoxy groups -OCH3 is 1. The van der Waals surface area contributed by atoms with E-state index in [0.29, 0.717) is 34.5 Å². The summed E-state index contributed by atoms with van der Waals surface area (Å²) in [5, 5.41) is 4.31. The van der Waals surface area contributed by atoms with Gasteiger partial charge in [0, 0.05) is 35.5 Å². The molecule has 0 saturated carbocycles. The van der Waals surface area contributed by atoms with Crippen molar-refractivity contribution in [3.05, 3.63) is 65.9 Å². The van der Waals surface area contributed by atoms with E-state index in [4.69, 9.17) is 4.74 Å². The Kier molecular flexibility index (Phi) is 4.95. The number of aromatic nitrogens is 1. The summed E-state index contributed by atoms with van der Waals surface area (Å²) in [5.41, 5.74) is 1.60. The van der Waals surface area contributed by atoms with Crippen molar-refractivity contribution in [1.29, 1.82) is 0 Å². The first-order valence-electron chi connectivity index (χ1n) is 9.26. The molecule has 0 radical (unpaired) electrons. The van der Waals surface area contributed by atoms with Gasteiger partial charge >= 0.3 is 0 Å². The molecule has 0 bridgehead atoms. The van der Waals surface area contributed by atoms with E-state index in [-0.39, 0.29) is 30.7 Å². The summed E-state index contributed by atoms with van der Waals surface area (Å²) >= 11 is 0. The summed E-state index contributed by atoms with van der Waals surface area (Å²) in [6, 6.07) is 14.2. The fraction of sp³-hybridized carbons (Fsp3) is 0.182. The van der Waals surface area contributed by atoms with Crippen LogP contribution in [0, 0.1) is 0 Å². The lowest BCUT2D eigenvalue weighted by atomic mass is 9.94. The molecule has 1 N–H and O–H groups in total. The third kappa shape index (κ3) is 3.54. The molecular formula is C22H19N3O4. The molecule has 1 aliphatic heterocycles. The molecule has 3 aromatic rings. The lowest BCUT2D eigenvalue weighted by Gasteiger charge is -2.27. The van der Waals surface area contributed by atoms with Gasteiger partial charge in [-0.15, -0.1) is 0 Å². The minimum atomic E-state index is -0.320. The van der Waals surface area contributed by atoms with Crippen LogP contribution < -0.4 is 10.1 Å². The fourth-order valence-electron chi connectivity index (χ4n) is 3.48. The van der Waals surface area contributed by atoms with E-state index in [1.54, 1.807) is 24.3 Å². The summed E-state index contributed by atoms with van der Waals surface area (Å²) in [4.78, 5) is 43.1. The van der Waals surface area contributed by atoms with Crippen LogP contribution in [0.1, 0.15) is 33.6 Å². The Hall–Kier alpha value is -3.74.